The Labute approximate surface area is 129 Å². The second-order valence-electron chi connectivity index (χ2n) is 7.55. The van der Waals surface area contributed by atoms with Crippen LogP contribution in [0.25, 0.3) is 0 Å². The van der Waals surface area contributed by atoms with Crippen molar-refractivity contribution in [3.63, 3.8) is 0 Å². The topological polar surface area (TPSA) is 41.6 Å². The number of hydrogen-bond acceptors (Lipinski definition) is 3. The summed E-state index contributed by atoms with van der Waals surface area (Å²) < 4.78 is 5.55. The fraction of sp³-hybridized carbons (Fsp3) is 0.941. The molecule has 1 heterocycles. The van der Waals surface area contributed by atoms with Gasteiger partial charge in [-0.1, -0.05) is 20.8 Å². The van der Waals surface area contributed by atoms with Gasteiger partial charge in [0.2, 0.25) is 5.91 Å². The molecule has 2 unspecified atom stereocenters. The van der Waals surface area contributed by atoms with E-state index in [0.29, 0.717) is 24.7 Å². The summed E-state index contributed by atoms with van der Waals surface area (Å²) >= 11 is 0. The maximum atomic E-state index is 12.8. The Kier molecular flexibility index (Phi) is 5.67. The Morgan fingerprint density at radius 1 is 1.29 bits per heavy atom. The van der Waals surface area contributed by atoms with Crippen molar-refractivity contribution in [3.05, 3.63) is 0 Å². The third-order valence-corrected chi connectivity index (χ3v) is 5.26. The number of hydrogen-bond donors (Lipinski definition) is 1. The second kappa shape index (κ2) is 7.10. The van der Waals surface area contributed by atoms with E-state index in [0.717, 1.165) is 25.8 Å². The van der Waals surface area contributed by atoms with Gasteiger partial charge >= 0.3 is 0 Å². The molecule has 0 radical (unpaired) electrons. The molecule has 1 aliphatic carbocycles. The van der Waals surface area contributed by atoms with Crippen molar-refractivity contribution in [1.29, 1.82) is 0 Å². The number of rotatable bonds is 5. The summed E-state index contributed by atoms with van der Waals surface area (Å²) in [6, 6.07) is 0.609. The summed E-state index contributed by atoms with van der Waals surface area (Å²) in [5.41, 5.74) is 0.447. The first-order valence-electron chi connectivity index (χ1n) is 8.52. The predicted molar refractivity (Wildman–Crippen MR) is 85.2 cm³/mol. The summed E-state index contributed by atoms with van der Waals surface area (Å²) in [5.74, 6) is 0.266. The van der Waals surface area contributed by atoms with Crippen LogP contribution in [0.3, 0.4) is 0 Å². The molecule has 2 fully saturated rings. The van der Waals surface area contributed by atoms with Gasteiger partial charge in [0.1, 0.15) is 0 Å². The molecule has 1 saturated heterocycles. The van der Waals surface area contributed by atoms with Crippen molar-refractivity contribution >= 4 is 5.91 Å². The lowest BCUT2D eigenvalue weighted by atomic mass is 9.75. The van der Waals surface area contributed by atoms with Crippen LogP contribution >= 0.6 is 0 Å². The first-order valence-corrected chi connectivity index (χ1v) is 8.52. The van der Waals surface area contributed by atoms with Crippen molar-refractivity contribution in [2.45, 2.75) is 65.0 Å². The smallest absolute Gasteiger partial charge is 0.229 e. The monoisotopic (exact) mass is 296 g/mol. The Morgan fingerprint density at radius 3 is 2.57 bits per heavy atom. The van der Waals surface area contributed by atoms with Crippen molar-refractivity contribution < 1.29 is 9.53 Å². The largest absolute Gasteiger partial charge is 0.379 e. The number of carbonyl (C=O) groups excluding carboxylic acids is 1. The van der Waals surface area contributed by atoms with Crippen LogP contribution in [0.2, 0.25) is 0 Å². The summed E-state index contributed by atoms with van der Waals surface area (Å²) in [5, 5.41) is 3.46. The highest BCUT2D eigenvalue weighted by Crippen LogP contribution is 2.37. The van der Waals surface area contributed by atoms with Gasteiger partial charge in [-0.2, -0.15) is 0 Å². The lowest BCUT2D eigenvalue weighted by Gasteiger charge is -2.39. The Morgan fingerprint density at radius 2 is 1.95 bits per heavy atom. The maximum absolute atomic E-state index is 12.8. The van der Waals surface area contributed by atoms with Gasteiger partial charge in [-0.15, -0.1) is 0 Å². The Balaban J connectivity index is 1.89. The van der Waals surface area contributed by atoms with E-state index in [-0.39, 0.29) is 17.9 Å². The summed E-state index contributed by atoms with van der Waals surface area (Å²) in [6.45, 7) is 9.01. The van der Waals surface area contributed by atoms with Gasteiger partial charge in [-0.3, -0.25) is 4.79 Å². The number of carbonyl (C=O) groups is 1. The fourth-order valence-electron chi connectivity index (χ4n) is 3.54. The molecule has 1 N–H and O–H groups in total. The minimum atomic E-state index is -0.00325. The highest BCUT2D eigenvalue weighted by atomic mass is 16.5. The molecule has 2 rings (SSSR count). The lowest BCUT2D eigenvalue weighted by molar-refractivity contribution is -0.137. The van der Waals surface area contributed by atoms with E-state index in [2.05, 4.69) is 26.1 Å². The van der Waals surface area contributed by atoms with Crippen LogP contribution in [0.1, 0.15) is 52.9 Å². The van der Waals surface area contributed by atoms with Gasteiger partial charge in [-0.25, -0.2) is 0 Å². The van der Waals surface area contributed by atoms with E-state index >= 15 is 0 Å². The van der Waals surface area contributed by atoms with Crippen LogP contribution in [0.4, 0.5) is 0 Å². The minimum Gasteiger partial charge on any atom is -0.379 e. The molecule has 21 heavy (non-hydrogen) atoms. The minimum absolute atomic E-state index is 0.00325. The zero-order valence-electron chi connectivity index (χ0n) is 14.2. The predicted octanol–water partition coefficient (Wildman–Crippen LogP) is 2.43. The average Bonchev–Trinajstić information content (AvgIpc) is 2.92. The fourth-order valence-corrected chi connectivity index (χ4v) is 3.54. The number of nitrogens with zero attached hydrogens (tertiary/aromatic N) is 1. The molecular weight excluding hydrogens is 264 g/mol. The van der Waals surface area contributed by atoms with Crippen molar-refractivity contribution in [2.24, 2.45) is 11.3 Å². The molecule has 0 spiro atoms. The number of nitrogens with one attached hydrogen (secondary N) is 1. The Bertz CT molecular complexity index is 347. The molecule has 2 atom stereocenters. The third kappa shape index (κ3) is 4.19. The van der Waals surface area contributed by atoms with Gasteiger partial charge in [0, 0.05) is 19.1 Å². The van der Waals surface area contributed by atoms with Crippen molar-refractivity contribution in [2.75, 3.05) is 26.8 Å². The highest BCUT2D eigenvalue weighted by Gasteiger charge is 2.38. The molecule has 0 aromatic heterocycles. The van der Waals surface area contributed by atoms with Crippen LogP contribution in [-0.2, 0) is 9.53 Å². The zero-order valence-corrected chi connectivity index (χ0v) is 14.2. The number of amides is 1. The van der Waals surface area contributed by atoms with Crippen molar-refractivity contribution in [3.8, 4) is 0 Å². The summed E-state index contributed by atoms with van der Waals surface area (Å²) in [4.78, 5) is 14.8. The summed E-state index contributed by atoms with van der Waals surface area (Å²) in [7, 11) is 1.99. The standard InChI is InChI=1S/C17H32N2O2/c1-5-10-18-15-12-21-11-14(15)16(20)19(4)13-6-8-17(2,3)9-7-13/h13-15,18H,5-12H2,1-4H3. The molecule has 1 saturated carbocycles. The van der Waals surface area contributed by atoms with Gasteiger partial charge in [-0.05, 0) is 44.1 Å². The molecule has 0 aromatic carbocycles. The van der Waals surface area contributed by atoms with E-state index < -0.39 is 0 Å². The molecule has 0 bridgehead atoms. The first-order chi connectivity index (χ1) is 9.94. The van der Waals surface area contributed by atoms with Gasteiger partial charge < -0.3 is 15.0 Å². The third-order valence-electron chi connectivity index (χ3n) is 5.26. The average molecular weight is 296 g/mol. The quantitative estimate of drug-likeness (QED) is 0.847. The van der Waals surface area contributed by atoms with Crippen LogP contribution in [0.5, 0.6) is 0 Å². The highest BCUT2D eigenvalue weighted by molar-refractivity contribution is 5.80. The molecule has 4 heteroatoms. The Hall–Kier alpha value is -0.610. The van der Waals surface area contributed by atoms with E-state index in [9.17, 15) is 4.79 Å². The van der Waals surface area contributed by atoms with E-state index in [4.69, 9.17) is 4.74 Å². The molecule has 122 valence electrons. The van der Waals surface area contributed by atoms with Gasteiger partial charge in [0.15, 0.2) is 0 Å². The van der Waals surface area contributed by atoms with E-state index in [1.807, 2.05) is 11.9 Å². The SMILES string of the molecule is CCCNC1COCC1C(=O)N(C)C1CCC(C)(C)CC1. The number of ether oxygens (including phenoxy) is 1. The molecule has 0 aromatic rings. The molecule has 1 amide bonds. The first kappa shape index (κ1) is 16.8. The lowest BCUT2D eigenvalue weighted by Crippen LogP contribution is -2.49. The van der Waals surface area contributed by atoms with Crippen LogP contribution in [-0.4, -0.2) is 49.7 Å². The molecule has 1 aliphatic heterocycles. The molecular formula is C17H32N2O2. The molecule has 4 nitrogen and oxygen atoms in total. The second-order valence-corrected chi connectivity index (χ2v) is 7.55. The van der Waals surface area contributed by atoms with Gasteiger partial charge in [0.05, 0.1) is 19.1 Å². The zero-order chi connectivity index (χ0) is 15.5. The van der Waals surface area contributed by atoms with E-state index in [1.54, 1.807) is 0 Å². The molecule has 2 aliphatic rings. The maximum Gasteiger partial charge on any atom is 0.229 e. The normalized spacial score (nSPS) is 29.5. The van der Waals surface area contributed by atoms with Crippen LogP contribution < -0.4 is 5.32 Å². The van der Waals surface area contributed by atoms with Crippen LogP contribution in [0, 0.1) is 11.3 Å². The van der Waals surface area contributed by atoms with E-state index in [1.165, 1.54) is 12.8 Å². The van der Waals surface area contributed by atoms with Crippen LogP contribution in [0.15, 0.2) is 0 Å². The summed E-state index contributed by atoms with van der Waals surface area (Å²) in [6.07, 6.45) is 5.79. The van der Waals surface area contributed by atoms with Gasteiger partial charge in [0.25, 0.3) is 0 Å². The van der Waals surface area contributed by atoms with Crippen molar-refractivity contribution in [1.82, 2.24) is 10.2 Å².